The van der Waals surface area contributed by atoms with Crippen LogP contribution in [0, 0.1) is 0 Å². The third kappa shape index (κ3) is 17.8. The monoisotopic (exact) mass is 170 g/mol. The van der Waals surface area contributed by atoms with Gasteiger partial charge in [0, 0.05) is 10.7 Å². The van der Waals surface area contributed by atoms with E-state index in [9.17, 15) is 8.42 Å². The minimum absolute atomic E-state index is 0.925. The zero-order valence-electron chi connectivity index (χ0n) is 5.43. The Balaban J connectivity index is 0.000000144. The third-order valence-electron chi connectivity index (χ3n) is 1.000. The molecule has 4 heteroatoms. The topological polar surface area (TPSA) is 34.1 Å². The maximum absolute atomic E-state index is 9.40. The lowest BCUT2D eigenvalue weighted by molar-refractivity contribution is 0.504. The number of hydrogen-bond donors (Lipinski definition) is 0. The molecule has 0 atom stereocenters. The Morgan fingerprint density at radius 2 is 1.22 bits per heavy atom. The van der Waals surface area contributed by atoms with E-state index in [0.29, 0.717) is 0 Å². The highest BCUT2D eigenvalue weighted by Crippen LogP contribution is 2.15. The highest BCUT2D eigenvalue weighted by atomic mass is 35.7. The van der Waals surface area contributed by atoms with E-state index in [1.807, 2.05) is 0 Å². The van der Waals surface area contributed by atoms with Crippen LogP contribution in [0.3, 0.4) is 0 Å². The Labute approximate surface area is 60.6 Å². The summed E-state index contributed by atoms with van der Waals surface area (Å²) in [6.45, 7) is 0. The van der Waals surface area contributed by atoms with Crippen molar-refractivity contribution in [2.75, 3.05) is 6.26 Å². The Morgan fingerprint density at radius 1 is 1.11 bits per heavy atom. The highest BCUT2D eigenvalue weighted by molar-refractivity contribution is 8.13. The molecule has 1 aliphatic carbocycles. The zero-order chi connectivity index (χ0) is 7.33. The van der Waals surface area contributed by atoms with Gasteiger partial charge in [-0.1, -0.05) is 25.7 Å². The lowest BCUT2D eigenvalue weighted by Crippen LogP contribution is -1.85. The number of rotatable bonds is 0. The molecule has 9 heavy (non-hydrogen) atoms. The van der Waals surface area contributed by atoms with Crippen molar-refractivity contribution in [2.24, 2.45) is 0 Å². The van der Waals surface area contributed by atoms with Gasteiger partial charge in [0.25, 0.3) is 0 Å². The third-order valence-corrected chi connectivity index (χ3v) is 1.000. The van der Waals surface area contributed by atoms with Crippen molar-refractivity contribution in [2.45, 2.75) is 25.7 Å². The molecule has 0 aromatic carbocycles. The molecule has 1 saturated carbocycles. The van der Waals surface area contributed by atoms with E-state index in [1.54, 1.807) is 0 Å². The van der Waals surface area contributed by atoms with Crippen LogP contribution in [0.25, 0.3) is 0 Å². The van der Waals surface area contributed by atoms with E-state index in [0.717, 1.165) is 6.26 Å². The summed E-state index contributed by atoms with van der Waals surface area (Å²) in [7, 11) is 1.31. The second-order valence-electron chi connectivity index (χ2n) is 2.10. The van der Waals surface area contributed by atoms with Gasteiger partial charge < -0.3 is 0 Å². The second kappa shape index (κ2) is 4.12. The van der Waals surface area contributed by atoms with Crippen molar-refractivity contribution in [1.29, 1.82) is 0 Å². The van der Waals surface area contributed by atoms with Gasteiger partial charge in [-0.3, -0.25) is 0 Å². The minimum atomic E-state index is -3.19. The Kier molecular flexibility index (Phi) is 4.23. The number of hydrogen-bond acceptors (Lipinski definition) is 2. The Bertz CT molecular complexity index is 134. The predicted octanol–water partition coefficient (Wildman–Crippen LogP) is 1.75. The molecule has 0 spiro atoms. The fourth-order valence-corrected chi connectivity index (χ4v) is 0.250. The molecule has 0 heterocycles. The van der Waals surface area contributed by atoms with Gasteiger partial charge in [-0.25, -0.2) is 8.42 Å². The molecule has 56 valence electrons. The van der Waals surface area contributed by atoms with Gasteiger partial charge in [0.05, 0.1) is 6.26 Å². The molecule has 0 bridgehead atoms. The predicted molar refractivity (Wildman–Crippen MR) is 39.2 cm³/mol. The van der Waals surface area contributed by atoms with Crippen molar-refractivity contribution in [1.82, 2.24) is 0 Å². The maximum atomic E-state index is 9.40. The molecule has 0 amide bonds. The van der Waals surface area contributed by atoms with Crippen LogP contribution < -0.4 is 0 Å². The molecular weight excluding hydrogens is 160 g/mol. The summed E-state index contributed by atoms with van der Waals surface area (Å²) < 4.78 is 18.8. The summed E-state index contributed by atoms with van der Waals surface area (Å²) >= 11 is 0. The first kappa shape index (κ1) is 9.24. The van der Waals surface area contributed by atoms with E-state index < -0.39 is 9.05 Å². The molecule has 0 aromatic rings. The van der Waals surface area contributed by atoms with Crippen molar-refractivity contribution in [3.05, 3.63) is 0 Å². The molecule has 1 aliphatic rings. The van der Waals surface area contributed by atoms with Gasteiger partial charge in [0.1, 0.15) is 0 Å². The summed E-state index contributed by atoms with van der Waals surface area (Å²) in [5.74, 6) is 0. The van der Waals surface area contributed by atoms with Gasteiger partial charge in [-0.15, -0.1) is 0 Å². The lowest BCUT2D eigenvalue weighted by Gasteiger charge is -2.05. The van der Waals surface area contributed by atoms with E-state index in [4.69, 9.17) is 0 Å². The fraction of sp³-hybridized carbons (Fsp3) is 1.00. The van der Waals surface area contributed by atoms with Crippen LogP contribution >= 0.6 is 10.7 Å². The van der Waals surface area contributed by atoms with Crippen LogP contribution in [0.5, 0.6) is 0 Å². The molecule has 0 aromatic heterocycles. The zero-order valence-corrected chi connectivity index (χ0v) is 7.00. The van der Waals surface area contributed by atoms with Crippen molar-refractivity contribution in [3.63, 3.8) is 0 Å². The van der Waals surface area contributed by atoms with Gasteiger partial charge in [0.2, 0.25) is 9.05 Å². The molecular formula is C5H11ClO2S. The standard InChI is InChI=1S/C4H8.CH3ClO2S/c1-2-4-3-1;1-5(2,3)4/h1-4H2;1H3. The quantitative estimate of drug-likeness (QED) is 0.519. The largest absolute Gasteiger partial charge is 0.229 e. The van der Waals surface area contributed by atoms with Crippen LogP contribution in [-0.4, -0.2) is 14.7 Å². The molecule has 0 unspecified atom stereocenters. The van der Waals surface area contributed by atoms with E-state index >= 15 is 0 Å². The van der Waals surface area contributed by atoms with E-state index in [-0.39, 0.29) is 0 Å². The SMILES string of the molecule is C1CCC1.CS(=O)(=O)Cl. The van der Waals surface area contributed by atoms with Crippen LogP contribution in [0.2, 0.25) is 0 Å². The van der Waals surface area contributed by atoms with Crippen molar-refractivity contribution >= 4 is 19.7 Å². The summed E-state index contributed by atoms with van der Waals surface area (Å²) in [5.41, 5.74) is 0. The van der Waals surface area contributed by atoms with Crippen LogP contribution in [0.15, 0.2) is 0 Å². The van der Waals surface area contributed by atoms with Gasteiger partial charge in [-0.05, 0) is 0 Å². The Hall–Kier alpha value is 0.240. The average molecular weight is 171 g/mol. The first-order valence-corrected chi connectivity index (χ1v) is 5.61. The van der Waals surface area contributed by atoms with Crippen LogP contribution in [0.1, 0.15) is 25.7 Å². The number of halogens is 1. The first-order chi connectivity index (χ1) is 4.00. The lowest BCUT2D eigenvalue weighted by atomic mass is 10.0. The smallest absolute Gasteiger partial charge is 0.213 e. The molecule has 0 aliphatic heterocycles. The Morgan fingerprint density at radius 3 is 1.22 bits per heavy atom. The maximum Gasteiger partial charge on any atom is 0.229 e. The highest BCUT2D eigenvalue weighted by Gasteiger charge is 1.95. The average Bonchev–Trinajstić information content (AvgIpc) is 1.12. The molecule has 0 N–H and O–H groups in total. The normalized spacial score (nSPS) is 17.1. The van der Waals surface area contributed by atoms with Crippen LogP contribution in [0.4, 0.5) is 0 Å². The molecule has 1 fully saturated rings. The minimum Gasteiger partial charge on any atom is -0.213 e. The van der Waals surface area contributed by atoms with Gasteiger partial charge in [0.15, 0.2) is 0 Å². The molecule has 0 saturated heterocycles. The summed E-state index contributed by atoms with van der Waals surface area (Å²) in [5, 5.41) is 0. The van der Waals surface area contributed by atoms with Crippen molar-refractivity contribution < 1.29 is 8.42 Å². The molecule has 0 radical (unpaired) electrons. The summed E-state index contributed by atoms with van der Waals surface area (Å²) in [4.78, 5) is 0. The van der Waals surface area contributed by atoms with Gasteiger partial charge >= 0.3 is 0 Å². The summed E-state index contributed by atoms with van der Waals surface area (Å²) in [6, 6.07) is 0. The van der Waals surface area contributed by atoms with E-state index in [1.165, 1.54) is 25.7 Å². The molecule has 2 nitrogen and oxygen atoms in total. The second-order valence-corrected chi connectivity index (χ2v) is 5.14. The van der Waals surface area contributed by atoms with Gasteiger partial charge in [-0.2, -0.15) is 0 Å². The van der Waals surface area contributed by atoms with Crippen LogP contribution in [-0.2, 0) is 9.05 Å². The molecule has 1 rings (SSSR count). The van der Waals surface area contributed by atoms with Crippen molar-refractivity contribution in [3.8, 4) is 0 Å². The first-order valence-electron chi connectivity index (χ1n) is 2.90. The van der Waals surface area contributed by atoms with E-state index in [2.05, 4.69) is 10.7 Å². The fourth-order valence-electron chi connectivity index (χ4n) is 0.250. The summed E-state index contributed by atoms with van der Waals surface area (Å²) in [6.07, 6.45) is 6.93.